The summed E-state index contributed by atoms with van der Waals surface area (Å²) in [4.78, 5) is 8.45. The van der Waals surface area contributed by atoms with Gasteiger partial charge in [-0.25, -0.2) is 9.37 Å². The third kappa shape index (κ3) is 3.75. The lowest BCUT2D eigenvalue weighted by Gasteiger charge is -2.28. The maximum atomic E-state index is 14.2. The molecule has 2 unspecified atom stereocenters. The molecule has 3 heterocycles. The van der Waals surface area contributed by atoms with Crippen molar-refractivity contribution in [3.8, 4) is 6.07 Å². The highest BCUT2D eigenvalue weighted by Crippen LogP contribution is 2.26. The Kier molecular flexibility index (Phi) is 5.32. The van der Waals surface area contributed by atoms with Gasteiger partial charge in [0.05, 0.1) is 37.4 Å². The quantitative estimate of drug-likeness (QED) is 0.660. The molecular formula is C17H16BClFN5O3. The van der Waals surface area contributed by atoms with Crippen LogP contribution in [0.3, 0.4) is 0 Å². The number of rotatable bonds is 4. The van der Waals surface area contributed by atoms with Gasteiger partial charge in [-0.2, -0.15) is 10.2 Å². The zero-order valence-electron chi connectivity index (χ0n) is 14.7. The Morgan fingerprint density at radius 1 is 1.43 bits per heavy atom. The second-order valence-corrected chi connectivity index (χ2v) is 6.97. The third-order valence-corrected chi connectivity index (χ3v) is 4.98. The normalized spacial score (nSPS) is 21.1. The molecule has 0 radical (unpaired) electrons. The highest BCUT2D eigenvalue weighted by molar-refractivity contribution is 6.61. The summed E-state index contributed by atoms with van der Waals surface area (Å²) in [6.45, 7) is 1.04. The van der Waals surface area contributed by atoms with Crippen LogP contribution in [0.4, 0.5) is 21.8 Å². The van der Waals surface area contributed by atoms with Gasteiger partial charge in [0.2, 0.25) is 5.95 Å². The number of ether oxygens (including phenoxy) is 1. The van der Waals surface area contributed by atoms with Crippen LogP contribution in [0.25, 0.3) is 0 Å². The van der Waals surface area contributed by atoms with Crippen molar-refractivity contribution in [1.29, 1.82) is 5.26 Å². The van der Waals surface area contributed by atoms with Gasteiger partial charge in [0.25, 0.3) is 0 Å². The Balaban J connectivity index is 1.55. The number of nitrogens with zero attached hydrogens (tertiary/aromatic N) is 3. The van der Waals surface area contributed by atoms with Gasteiger partial charge in [0, 0.05) is 17.8 Å². The van der Waals surface area contributed by atoms with Crippen LogP contribution in [0.1, 0.15) is 12.0 Å². The molecule has 1 fully saturated rings. The van der Waals surface area contributed by atoms with E-state index in [0.717, 1.165) is 0 Å². The zero-order chi connectivity index (χ0) is 19.7. The minimum absolute atomic E-state index is 0.119. The van der Waals surface area contributed by atoms with Crippen LogP contribution in [-0.2, 0) is 16.0 Å². The van der Waals surface area contributed by atoms with Gasteiger partial charge in [-0.05, 0) is 24.1 Å². The summed E-state index contributed by atoms with van der Waals surface area (Å²) in [5.41, 5.74) is 1.11. The number of nitrogens with one attached hydrogen (secondary N) is 2. The van der Waals surface area contributed by atoms with Crippen LogP contribution in [0.5, 0.6) is 0 Å². The van der Waals surface area contributed by atoms with Crippen molar-refractivity contribution < 1.29 is 18.8 Å². The van der Waals surface area contributed by atoms with Gasteiger partial charge in [0.1, 0.15) is 10.8 Å². The topological polar surface area (TPSA) is 112 Å². The summed E-state index contributed by atoms with van der Waals surface area (Å²) in [6.07, 6.45) is 2.05. The lowest BCUT2D eigenvalue weighted by Crippen LogP contribution is -2.38. The Morgan fingerprint density at radius 2 is 2.29 bits per heavy atom. The van der Waals surface area contributed by atoms with Crippen LogP contribution in [0, 0.1) is 23.1 Å². The zero-order valence-corrected chi connectivity index (χ0v) is 15.4. The summed E-state index contributed by atoms with van der Waals surface area (Å²) in [6, 6.07) is 4.93. The summed E-state index contributed by atoms with van der Waals surface area (Å²) < 4.78 is 24.7. The number of benzene rings is 1. The first-order chi connectivity index (χ1) is 13.5. The first-order valence-corrected chi connectivity index (χ1v) is 9.08. The summed E-state index contributed by atoms with van der Waals surface area (Å²) in [7, 11) is -1.25. The van der Waals surface area contributed by atoms with E-state index in [1.54, 1.807) is 6.07 Å². The number of anilines is 3. The monoisotopic (exact) mass is 403 g/mol. The number of fused-ring (bicyclic) bond motifs is 1. The number of hydrogen-bond acceptors (Lipinski definition) is 8. The van der Waals surface area contributed by atoms with Crippen LogP contribution in [0.15, 0.2) is 18.3 Å². The van der Waals surface area contributed by atoms with Crippen molar-refractivity contribution >= 4 is 41.6 Å². The predicted octanol–water partition coefficient (Wildman–Crippen LogP) is 1.57. The fourth-order valence-electron chi connectivity index (χ4n) is 3.26. The molecule has 28 heavy (non-hydrogen) atoms. The van der Waals surface area contributed by atoms with Gasteiger partial charge < -0.3 is 25.0 Å². The third-order valence-electron chi connectivity index (χ3n) is 4.70. The summed E-state index contributed by atoms with van der Waals surface area (Å²) in [5, 5.41) is 25.3. The van der Waals surface area contributed by atoms with Crippen molar-refractivity contribution in [3.63, 3.8) is 0 Å². The first-order valence-electron chi connectivity index (χ1n) is 8.70. The van der Waals surface area contributed by atoms with E-state index in [9.17, 15) is 14.7 Å². The number of halogens is 2. The fourth-order valence-corrected chi connectivity index (χ4v) is 3.41. The minimum atomic E-state index is -1.25. The number of aromatic nitrogens is 2. The molecule has 0 spiro atoms. The van der Waals surface area contributed by atoms with Gasteiger partial charge in [-0.1, -0.05) is 11.6 Å². The minimum Gasteiger partial charge on any atom is -0.423 e. The largest absolute Gasteiger partial charge is 0.494 e. The van der Waals surface area contributed by atoms with E-state index in [0.29, 0.717) is 41.7 Å². The van der Waals surface area contributed by atoms with E-state index >= 15 is 0 Å². The highest BCUT2D eigenvalue weighted by atomic mass is 35.5. The molecule has 2 aliphatic rings. The van der Waals surface area contributed by atoms with Crippen molar-refractivity contribution in [2.45, 2.75) is 19.1 Å². The van der Waals surface area contributed by atoms with Crippen molar-refractivity contribution in [1.82, 2.24) is 9.97 Å². The van der Waals surface area contributed by atoms with Gasteiger partial charge >= 0.3 is 7.12 Å². The molecule has 4 rings (SSSR count). The molecule has 3 N–H and O–H groups in total. The average Bonchev–Trinajstić information content (AvgIpc) is 3.06. The molecule has 1 saturated heterocycles. The average molecular weight is 404 g/mol. The van der Waals surface area contributed by atoms with Crippen molar-refractivity contribution in [2.75, 3.05) is 23.8 Å². The lowest BCUT2D eigenvalue weighted by atomic mass is 9.79. The van der Waals surface area contributed by atoms with Gasteiger partial charge in [-0.3, -0.25) is 0 Å². The Morgan fingerprint density at radius 3 is 3.11 bits per heavy atom. The molecule has 144 valence electrons. The van der Waals surface area contributed by atoms with Crippen molar-refractivity contribution in [2.24, 2.45) is 5.92 Å². The van der Waals surface area contributed by atoms with E-state index in [-0.39, 0.29) is 30.0 Å². The van der Waals surface area contributed by atoms with E-state index in [4.69, 9.17) is 21.0 Å². The van der Waals surface area contributed by atoms with Crippen molar-refractivity contribution in [3.05, 3.63) is 34.7 Å². The second kappa shape index (κ2) is 7.89. The molecule has 2 atom stereocenters. The Hall–Kier alpha value is -2.45. The molecule has 1 aromatic carbocycles. The van der Waals surface area contributed by atoms with Gasteiger partial charge in [-0.15, -0.1) is 0 Å². The van der Waals surface area contributed by atoms with E-state index in [1.165, 1.54) is 12.3 Å². The SMILES string of the molecule is N#CC1CCOCC1Nc1nc(Nc2cc(F)c3c(c2)COB3O)ncc1Cl. The molecule has 0 amide bonds. The van der Waals surface area contributed by atoms with Gasteiger partial charge in [0.15, 0.2) is 5.82 Å². The summed E-state index contributed by atoms with van der Waals surface area (Å²) >= 11 is 6.18. The smallest absolute Gasteiger partial charge is 0.423 e. The molecule has 0 saturated carbocycles. The first kappa shape index (κ1) is 18.9. The molecule has 8 nitrogen and oxygen atoms in total. The maximum Gasteiger partial charge on any atom is 0.494 e. The summed E-state index contributed by atoms with van der Waals surface area (Å²) in [5.74, 6) is -0.229. The van der Waals surface area contributed by atoms with E-state index < -0.39 is 12.9 Å². The standard InChI is InChI=1S/C17H16BClFN5O3/c19-12-6-22-17(25-16(12)24-14-8-27-2-1-9(14)5-21)23-11-3-10-7-28-18(26)15(10)13(20)4-11/h3-4,6,9,14,26H,1-2,7-8H2,(H2,22,23,24,25). The molecule has 2 aliphatic heterocycles. The lowest BCUT2D eigenvalue weighted by molar-refractivity contribution is 0.0698. The molecular weight excluding hydrogens is 387 g/mol. The predicted molar refractivity (Wildman–Crippen MR) is 101 cm³/mol. The van der Waals surface area contributed by atoms with Crippen LogP contribution >= 0.6 is 11.6 Å². The molecule has 0 aliphatic carbocycles. The number of hydrogen-bond donors (Lipinski definition) is 3. The van der Waals surface area contributed by atoms with Crippen LogP contribution < -0.4 is 16.1 Å². The number of nitriles is 1. The maximum absolute atomic E-state index is 14.2. The van der Waals surface area contributed by atoms with E-state index in [1.807, 2.05) is 0 Å². The van der Waals surface area contributed by atoms with E-state index in [2.05, 4.69) is 26.7 Å². The van der Waals surface area contributed by atoms with Crippen LogP contribution in [0.2, 0.25) is 5.02 Å². The Labute approximate surface area is 165 Å². The van der Waals surface area contributed by atoms with Crippen LogP contribution in [-0.4, -0.2) is 41.4 Å². The fraction of sp³-hybridized carbons (Fsp3) is 0.353. The highest BCUT2D eigenvalue weighted by Gasteiger charge is 2.31. The molecule has 2 aromatic rings. The Bertz CT molecular complexity index is 944. The molecule has 1 aromatic heterocycles. The second-order valence-electron chi connectivity index (χ2n) is 6.56. The molecule has 0 bridgehead atoms. The molecule has 11 heteroatoms.